The van der Waals surface area contributed by atoms with Gasteiger partial charge < -0.3 is 43.7 Å². The highest BCUT2D eigenvalue weighted by Crippen LogP contribution is 2.25. The van der Waals surface area contributed by atoms with E-state index in [0.717, 1.165) is 13.7 Å². The van der Waals surface area contributed by atoms with Crippen LogP contribution in [0, 0.1) is 17.8 Å². The van der Waals surface area contributed by atoms with E-state index in [1.165, 1.54) is 20.8 Å². The summed E-state index contributed by atoms with van der Waals surface area (Å²) in [5, 5.41) is 30.2. The molecule has 63 heavy (non-hydrogen) atoms. The number of aliphatic hydroxyl groups excluding tert-OH is 3. The fraction of sp³-hybridized carbons (Fsp3) is 0.737. The van der Waals surface area contributed by atoms with Gasteiger partial charge in [0.15, 0.2) is 0 Å². The quantitative estimate of drug-likeness (QED) is 0.0455. The third-order valence-electron chi connectivity index (χ3n) is 9.69. The summed E-state index contributed by atoms with van der Waals surface area (Å²) in [5.74, 6) is -8.47. The predicted octanol–water partition coefficient (Wildman–Crippen LogP) is -4.47. The molecule has 2 aliphatic rings. The number of rotatable bonds is 26. The average Bonchev–Trinajstić information content (AvgIpc) is 4.16. The smallest absolute Gasteiger partial charge is 0.336 e. The van der Waals surface area contributed by atoms with Gasteiger partial charge in [0.1, 0.15) is 25.9 Å². The van der Waals surface area contributed by atoms with E-state index in [0.29, 0.717) is 20.1 Å². The summed E-state index contributed by atoms with van der Waals surface area (Å²) in [7, 11) is 0. The van der Waals surface area contributed by atoms with Crippen molar-refractivity contribution in [1.29, 1.82) is 0 Å². The first-order valence-electron chi connectivity index (χ1n) is 20.5. The second-order valence-electron chi connectivity index (χ2n) is 15.9. The van der Waals surface area contributed by atoms with Gasteiger partial charge in [0, 0.05) is 6.54 Å². The summed E-state index contributed by atoms with van der Waals surface area (Å²) in [6.45, 7) is 3.55. The van der Waals surface area contributed by atoms with Crippen LogP contribution in [0.25, 0.3) is 0 Å². The lowest BCUT2D eigenvalue weighted by Crippen LogP contribution is -2.56. The van der Waals surface area contributed by atoms with Gasteiger partial charge in [-0.25, -0.2) is 56.2 Å². The standard InChI is InChI=1S/C38H56N6O19/c1-21(2)6-7-39-33(52)40(8-10-45)35(54)41(34(39)53)9-11-58-29(48)12-27(31(50)61-17-23(5)46)28(13-30(49)63-22(3)4)32(51)62-18-24(47)14-42-36(55)43(15-25-19-59-25)38(57)44(37(42)56)16-26-20-60-26/h21-28,45-47H,6-20H2,1-5H3. The third kappa shape index (κ3) is 14.3. The Bertz CT molecular complexity index is 2260. The monoisotopic (exact) mass is 900 g/mol. The highest BCUT2D eigenvalue weighted by Gasteiger charge is 2.41. The molecule has 6 atom stereocenters. The molecule has 0 radical (unpaired) electrons. The normalized spacial score (nSPS) is 17.5. The number of ether oxygens (including phenoxy) is 6. The molecule has 2 fully saturated rings. The van der Waals surface area contributed by atoms with Crippen molar-refractivity contribution in [2.45, 2.75) is 124 Å². The van der Waals surface area contributed by atoms with Crippen molar-refractivity contribution in [3.8, 4) is 0 Å². The van der Waals surface area contributed by atoms with Gasteiger partial charge in [-0.2, -0.15) is 0 Å². The van der Waals surface area contributed by atoms with Crippen LogP contribution in [0.15, 0.2) is 28.8 Å². The number of hydrogen-bond donors (Lipinski definition) is 3. The van der Waals surface area contributed by atoms with Gasteiger partial charge in [-0.05, 0) is 33.1 Å². The molecular formula is C38H56N6O19. The molecule has 352 valence electrons. The summed E-state index contributed by atoms with van der Waals surface area (Å²) in [4.78, 5) is 132. The van der Waals surface area contributed by atoms with Gasteiger partial charge in [0.2, 0.25) is 0 Å². The fourth-order valence-electron chi connectivity index (χ4n) is 6.27. The van der Waals surface area contributed by atoms with Crippen molar-refractivity contribution in [2.24, 2.45) is 17.8 Å². The zero-order chi connectivity index (χ0) is 46.7. The van der Waals surface area contributed by atoms with E-state index in [2.05, 4.69) is 0 Å². The highest BCUT2D eigenvalue weighted by atomic mass is 16.6. The van der Waals surface area contributed by atoms with Crippen LogP contribution in [0.1, 0.15) is 53.9 Å². The van der Waals surface area contributed by atoms with Crippen LogP contribution in [0.3, 0.4) is 0 Å². The van der Waals surface area contributed by atoms with Crippen LogP contribution in [0.2, 0.25) is 0 Å². The molecule has 3 N–H and O–H groups in total. The van der Waals surface area contributed by atoms with Gasteiger partial charge in [-0.1, -0.05) is 13.8 Å². The van der Waals surface area contributed by atoms with Crippen LogP contribution in [-0.4, -0.2) is 137 Å². The van der Waals surface area contributed by atoms with Crippen molar-refractivity contribution in [2.75, 3.05) is 39.6 Å². The first-order valence-corrected chi connectivity index (χ1v) is 20.5. The summed E-state index contributed by atoms with van der Waals surface area (Å²) in [6, 6.07) is 0. The van der Waals surface area contributed by atoms with Crippen LogP contribution < -0.4 is 34.1 Å². The summed E-state index contributed by atoms with van der Waals surface area (Å²) in [6.07, 6.45) is -6.04. The van der Waals surface area contributed by atoms with Crippen LogP contribution in [0.5, 0.6) is 0 Å². The van der Waals surface area contributed by atoms with E-state index in [-0.39, 0.29) is 38.8 Å². The summed E-state index contributed by atoms with van der Waals surface area (Å²) >= 11 is 0. The Balaban J connectivity index is 1.56. The number of aliphatic hydroxyl groups is 3. The Hall–Kier alpha value is -5.50. The van der Waals surface area contributed by atoms with E-state index in [1.54, 1.807) is 0 Å². The van der Waals surface area contributed by atoms with Crippen molar-refractivity contribution in [1.82, 2.24) is 27.4 Å². The molecule has 2 aromatic heterocycles. The molecule has 2 aromatic rings. The van der Waals surface area contributed by atoms with Crippen molar-refractivity contribution in [3.63, 3.8) is 0 Å². The van der Waals surface area contributed by atoms with Gasteiger partial charge in [0.05, 0.1) is 102 Å². The topological polar surface area (TPSA) is 323 Å². The molecule has 4 heterocycles. The second-order valence-corrected chi connectivity index (χ2v) is 15.9. The molecule has 2 aliphatic heterocycles. The lowest BCUT2D eigenvalue weighted by molar-refractivity contribution is -0.170. The largest absolute Gasteiger partial charge is 0.464 e. The maximum Gasteiger partial charge on any atom is 0.336 e. The molecule has 0 saturated carbocycles. The molecule has 25 nitrogen and oxygen atoms in total. The predicted molar refractivity (Wildman–Crippen MR) is 212 cm³/mol. The summed E-state index contributed by atoms with van der Waals surface area (Å²) in [5.41, 5.74) is -6.06. The Morgan fingerprint density at radius 1 is 0.619 bits per heavy atom. The van der Waals surface area contributed by atoms with E-state index in [1.807, 2.05) is 13.8 Å². The molecule has 4 rings (SSSR count). The minimum atomic E-state index is -1.87. The molecule has 0 bridgehead atoms. The van der Waals surface area contributed by atoms with Crippen molar-refractivity contribution in [3.05, 3.63) is 62.9 Å². The van der Waals surface area contributed by atoms with Crippen LogP contribution >= 0.6 is 0 Å². The Morgan fingerprint density at radius 3 is 1.52 bits per heavy atom. The first kappa shape index (κ1) is 50.1. The fourth-order valence-corrected chi connectivity index (χ4v) is 6.27. The molecule has 0 amide bonds. The summed E-state index contributed by atoms with van der Waals surface area (Å²) < 4.78 is 35.3. The number of epoxide rings is 2. The van der Waals surface area contributed by atoms with E-state index in [4.69, 9.17) is 28.4 Å². The molecule has 0 aromatic carbocycles. The lowest BCUT2D eigenvalue weighted by atomic mass is 9.86. The van der Waals surface area contributed by atoms with Gasteiger partial charge in [0.25, 0.3) is 0 Å². The minimum absolute atomic E-state index is 0.0516. The number of esters is 4. The molecule has 6 unspecified atom stereocenters. The van der Waals surface area contributed by atoms with Gasteiger partial charge in [-0.3, -0.25) is 19.2 Å². The number of hydrogen-bond acceptors (Lipinski definition) is 19. The average molecular weight is 901 g/mol. The minimum Gasteiger partial charge on any atom is -0.464 e. The van der Waals surface area contributed by atoms with Gasteiger partial charge in [-0.15, -0.1) is 0 Å². The molecule has 2 saturated heterocycles. The SMILES string of the molecule is CC(C)CCn1c(=O)n(CCO)c(=O)n(CCOC(=O)CC(C(=O)OCC(C)O)C(CC(=O)OC(C)C)C(=O)OCC(O)Cn2c(=O)n(CC3CO3)c(=O)n(CC3CO3)c2=O)c1=O. The van der Waals surface area contributed by atoms with Crippen LogP contribution in [0.4, 0.5) is 0 Å². The number of carbonyl (C=O) groups is 4. The zero-order valence-corrected chi connectivity index (χ0v) is 35.8. The Kier molecular flexibility index (Phi) is 18.1. The number of aromatic nitrogens is 6. The maximum absolute atomic E-state index is 13.8. The van der Waals surface area contributed by atoms with E-state index < -0.39 is 159 Å². The van der Waals surface area contributed by atoms with E-state index in [9.17, 15) is 63.3 Å². The molecule has 0 spiro atoms. The molecule has 25 heteroatoms. The number of nitrogens with zero attached hydrogens (tertiary/aromatic N) is 6. The Morgan fingerprint density at radius 2 is 1.06 bits per heavy atom. The third-order valence-corrected chi connectivity index (χ3v) is 9.69. The number of carbonyl (C=O) groups excluding carboxylic acids is 4. The first-order chi connectivity index (χ1) is 29.7. The van der Waals surface area contributed by atoms with Crippen molar-refractivity contribution >= 4 is 23.9 Å². The molecule has 0 aliphatic carbocycles. The zero-order valence-electron chi connectivity index (χ0n) is 35.8. The lowest BCUT2D eigenvalue weighted by Gasteiger charge is -2.25. The van der Waals surface area contributed by atoms with Gasteiger partial charge >= 0.3 is 58.0 Å². The molecular weight excluding hydrogens is 844 g/mol. The Labute approximate surface area is 357 Å². The van der Waals surface area contributed by atoms with Crippen molar-refractivity contribution < 1.29 is 62.9 Å². The van der Waals surface area contributed by atoms with E-state index >= 15 is 0 Å². The maximum atomic E-state index is 13.8. The highest BCUT2D eigenvalue weighted by molar-refractivity contribution is 5.88. The van der Waals surface area contributed by atoms with Crippen LogP contribution in [-0.2, 0) is 86.9 Å². The second kappa shape index (κ2) is 22.7.